The van der Waals surface area contributed by atoms with Gasteiger partial charge in [-0.3, -0.25) is 0 Å². The molecule has 0 spiro atoms. The maximum absolute atomic E-state index is 13.2. The zero-order valence-electron chi connectivity index (χ0n) is 12.9. The lowest BCUT2D eigenvalue weighted by atomic mass is 9.89. The van der Waals surface area contributed by atoms with Crippen LogP contribution in [0.2, 0.25) is 0 Å². The molecule has 0 amide bonds. The number of carbonyl (C=O) groups excluding carboxylic acids is 1. The van der Waals surface area contributed by atoms with Gasteiger partial charge in [0.1, 0.15) is 0 Å². The third-order valence-corrected chi connectivity index (χ3v) is 3.18. The van der Waals surface area contributed by atoms with Gasteiger partial charge in [0.15, 0.2) is 0 Å². The Bertz CT molecular complexity index is 686. The van der Waals surface area contributed by atoms with Crippen LogP contribution in [0.1, 0.15) is 0 Å². The lowest BCUT2D eigenvalue weighted by molar-refractivity contribution is -0.459. The van der Waals surface area contributed by atoms with Gasteiger partial charge in [-0.15, -0.1) is 0 Å². The van der Waals surface area contributed by atoms with Crippen LogP contribution >= 0.6 is 0 Å². The highest BCUT2D eigenvalue weighted by atomic mass is 19.4. The molecule has 178 valence electrons. The number of carboxylic acids is 1. The van der Waals surface area contributed by atoms with Crippen LogP contribution in [0.4, 0.5) is 74.6 Å². The van der Waals surface area contributed by atoms with E-state index in [0.717, 1.165) is 0 Å². The molecule has 0 aromatic heterocycles. The Balaban J connectivity index is 6.73. The fourth-order valence-electron chi connectivity index (χ4n) is 1.45. The van der Waals surface area contributed by atoms with Gasteiger partial charge in [0, 0.05) is 0 Å². The second kappa shape index (κ2) is 7.03. The molecule has 0 saturated heterocycles. The summed E-state index contributed by atoms with van der Waals surface area (Å²) in [5.41, 5.74) is 0. The Morgan fingerprint density at radius 1 is 0.500 bits per heavy atom. The smallest absolute Gasteiger partial charge is 0.460 e. The van der Waals surface area contributed by atoms with Gasteiger partial charge in [-0.05, 0) is 12.2 Å². The minimum absolute atomic E-state index is 1.22. The summed E-state index contributed by atoms with van der Waals surface area (Å²) in [6.45, 7) is 0. The fraction of sp³-hybridized carbons (Fsp3) is 0.727. The van der Waals surface area contributed by atoms with Crippen molar-refractivity contribution in [2.24, 2.45) is 0 Å². The summed E-state index contributed by atoms with van der Waals surface area (Å²) in [5, 5.41) is 9.79. The molecule has 2 nitrogen and oxygen atoms in total. The Morgan fingerprint density at radius 3 is 1.03 bits per heavy atom. The highest BCUT2D eigenvalue weighted by Gasteiger charge is 2.95. The summed E-state index contributed by atoms with van der Waals surface area (Å²) in [6.07, 6.45) is -10.9. The topological polar surface area (TPSA) is 40.1 Å². The normalized spacial score (nSPS) is 16.3. The van der Waals surface area contributed by atoms with Crippen LogP contribution in [-0.2, 0) is 4.79 Å². The Labute approximate surface area is 151 Å². The average molecular weight is 489 g/mol. The average Bonchev–Trinajstić information content (AvgIpc) is 2.50. The SMILES string of the molecule is O=C([O-])C=CC(F)(F)C(F)(F)C(F)(F)C(F)(F)C(F)(F)C(F)(F)C(F)(F)C(F)(F)F. The van der Waals surface area contributed by atoms with Crippen molar-refractivity contribution in [2.75, 3.05) is 0 Å². The van der Waals surface area contributed by atoms with Crippen LogP contribution < -0.4 is 5.11 Å². The van der Waals surface area contributed by atoms with Gasteiger partial charge in [0.25, 0.3) is 0 Å². The molecule has 0 aromatic rings. The second-order valence-electron chi connectivity index (χ2n) is 5.22. The third-order valence-electron chi connectivity index (χ3n) is 3.18. The number of rotatable bonds is 8. The number of allylic oxidation sites excluding steroid dienone is 1. The van der Waals surface area contributed by atoms with E-state index in [-0.39, 0.29) is 0 Å². The molecule has 0 aliphatic carbocycles. The fourth-order valence-corrected chi connectivity index (χ4v) is 1.45. The number of hydrogen-bond acceptors (Lipinski definition) is 2. The standard InChI is InChI=1S/C11H3F17O2/c12-4(13,2-1-3(29)30)5(14,15)6(16,17)7(18,19)8(20,21)9(22,23)10(24,25)11(26,27)28/h1-2H,(H,29,30)/p-1. The summed E-state index contributed by atoms with van der Waals surface area (Å²) in [7, 11) is 0. The van der Waals surface area contributed by atoms with Crippen LogP contribution in [0.25, 0.3) is 0 Å². The van der Waals surface area contributed by atoms with E-state index in [1.165, 1.54) is 0 Å². The minimum Gasteiger partial charge on any atom is -0.545 e. The predicted molar refractivity (Wildman–Crippen MR) is 54.8 cm³/mol. The molecule has 0 unspecified atom stereocenters. The molecule has 0 aliphatic heterocycles. The first-order chi connectivity index (χ1) is 12.7. The van der Waals surface area contributed by atoms with Crippen LogP contribution in [-0.4, -0.2) is 53.6 Å². The van der Waals surface area contributed by atoms with Crippen molar-refractivity contribution in [1.29, 1.82) is 0 Å². The Hall–Kier alpha value is -1.98. The Kier molecular flexibility index (Phi) is 6.56. The first-order valence-corrected chi connectivity index (χ1v) is 6.28. The van der Waals surface area contributed by atoms with E-state index < -0.39 is 65.8 Å². The van der Waals surface area contributed by atoms with Gasteiger partial charge in [-0.2, -0.15) is 74.6 Å². The molecule has 0 bridgehead atoms. The summed E-state index contributed by atoms with van der Waals surface area (Å²) < 4.78 is 217. The van der Waals surface area contributed by atoms with Crippen molar-refractivity contribution in [1.82, 2.24) is 0 Å². The molecule has 0 saturated carbocycles. The van der Waals surface area contributed by atoms with E-state index in [4.69, 9.17) is 0 Å². The van der Waals surface area contributed by atoms with Gasteiger partial charge in [0.2, 0.25) is 0 Å². The molecule has 30 heavy (non-hydrogen) atoms. The summed E-state index contributed by atoms with van der Waals surface area (Å²) in [5.74, 6) is -60.4. The minimum atomic E-state index is -8.72. The molecular weight excluding hydrogens is 487 g/mol. The van der Waals surface area contributed by atoms with Crippen molar-refractivity contribution in [2.45, 2.75) is 47.6 Å². The van der Waals surface area contributed by atoms with Gasteiger partial charge in [-0.1, -0.05) is 0 Å². The molecule has 0 fully saturated rings. The van der Waals surface area contributed by atoms with Crippen molar-refractivity contribution < 1.29 is 84.5 Å². The van der Waals surface area contributed by atoms with E-state index in [1.54, 1.807) is 0 Å². The highest BCUT2D eigenvalue weighted by molar-refractivity contribution is 5.77. The largest absolute Gasteiger partial charge is 0.545 e. The van der Waals surface area contributed by atoms with Crippen molar-refractivity contribution in [3.8, 4) is 0 Å². The molecule has 0 heterocycles. The van der Waals surface area contributed by atoms with E-state index in [1.807, 2.05) is 0 Å². The predicted octanol–water partition coefficient (Wildman–Crippen LogP) is 4.30. The lowest BCUT2D eigenvalue weighted by Crippen LogP contribution is -2.74. The van der Waals surface area contributed by atoms with E-state index in [2.05, 4.69) is 0 Å². The lowest BCUT2D eigenvalue weighted by Gasteiger charge is -2.42. The monoisotopic (exact) mass is 489 g/mol. The number of aliphatic carboxylic acids is 1. The molecular formula is C11H2F17O2-. The molecule has 0 radical (unpaired) electrons. The van der Waals surface area contributed by atoms with Gasteiger partial charge in [0.05, 0.1) is 5.97 Å². The maximum atomic E-state index is 13.2. The summed E-state index contributed by atoms with van der Waals surface area (Å²) in [4.78, 5) is 9.79. The van der Waals surface area contributed by atoms with Crippen molar-refractivity contribution >= 4 is 5.97 Å². The van der Waals surface area contributed by atoms with E-state index in [0.29, 0.717) is 0 Å². The van der Waals surface area contributed by atoms with Crippen LogP contribution in [0.15, 0.2) is 12.2 Å². The van der Waals surface area contributed by atoms with Crippen molar-refractivity contribution in [3.05, 3.63) is 12.2 Å². The van der Waals surface area contributed by atoms with Crippen LogP contribution in [0, 0.1) is 0 Å². The van der Waals surface area contributed by atoms with Gasteiger partial charge >= 0.3 is 47.6 Å². The second-order valence-corrected chi connectivity index (χ2v) is 5.22. The van der Waals surface area contributed by atoms with Crippen molar-refractivity contribution in [3.63, 3.8) is 0 Å². The van der Waals surface area contributed by atoms with Crippen LogP contribution in [0.5, 0.6) is 0 Å². The number of alkyl halides is 17. The number of carboxylic acid groups (broad SMARTS) is 1. The van der Waals surface area contributed by atoms with Gasteiger partial charge < -0.3 is 9.90 Å². The van der Waals surface area contributed by atoms with Crippen LogP contribution in [0.3, 0.4) is 0 Å². The van der Waals surface area contributed by atoms with E-state index >= 15 is 0 Å². The quantitative estimate of drug-likeness (QED) is 0.377. The molecule has 19 heteroatoms. The van der Waals surface area contributed by atoms with Gasteiger partial charge in [-0.25, -0.2) is 0 Å². The maximum Gasteiger partial charge on any atom is 0.460 e. The summed E-state index contributed by atoms with van der Waals surface area (Å²) >= 11 is 0. The Morgan fingerprint density at radius 2 is 0.767 bits per heavy atom. The third kappa shape index (κ3) is 3.63. The number of hydrogen-bond donors (Lipinski definition) is 0. The zero-order chi connectivity index (χ0) is 25.0. The zero-order valence-corrected chi connectivity index (χ0v) is 12.9. The molecule has 0 atom stereocenters. The number of halogens is 17. The highest BCUT2D eigenvalue weighted by Crippen LogP contribution is 2.63. The molecule has 0 N–H and O–H groups in total. The number of carbonyl (C=O) groups is 1. The molecule has 0 aliphatic rings. The summed E-state index contributed by atoms with van der Waals surface area (Å²) in [6, 6.07) is 0. The molecule has 0 aromatic carbocycles. The van der Waals surface area contributed by atoms with E-state index in [9.17, 15) is 84.5 Å². The first-order valence-electron chi connectivity index (χ1n) is 6.28. The first kappa shape index (κ1) is 28.0. The molecule has 0 rings (SSSR count).